The van der Waals surface area contributed by atoms with Crippen molar-refractivity contribution in [1.29, 1.82) is 0 Å². The van der Waals surface area contributed by atoms with Crippen LogP contribution in [0.5, 0.6) is 0 Å². The molecule has 0 bridgehead atoms. The number of aryl methyl sites for hydroxylation is 1. The molecule has 0 spiro atoms. The molecule has 1 N–H and O–H groups in total. The van der Waals surface area contributed by atoms with Gasteiger partial charge in [0.25, 0.3) is 0 Å². The zero-order chi connectivity index (χ0) is 19.7. The van der Waals surface area contributed by atoms with Crippen molar-refractivity contribution >= 4 is 33.6 Å². The van der Waals surface area contributed by atoms with Gasteiger partial charge in [0.2, 0.25) is 0 Å². The topological polar surface area (TPSA) is 41.6 Å². The van der Waals surface area contributed by atoms with E-state index in [1.54, 1.807) is 0 Å². The first-order valence-electron chi connectivity index (χ1n) is 10.4. The summed E-state index contributed by atoms with van der Waals surface area (Å²) < 4.78 is 6.45. The predicted molar refractivity (Wildman–Crippen MR) is 116 cm³/mol. The van der Waals surface area contributed by atoms with Crippen molar-refractivity contribution < 1.29 is 9.53 Å². The molecule has 1 amide bonds. The Kier molecular flexibility index (Phi) is 6.21. The molecule has 1 aliphatic carbocycles. The molecule has 6 heteroatoms. The van der Waals surface area contributed by atoms with Gasteiger partial charge in [0.1, 0.15) is 0 Å². The number of nitrogens with zero attached hydrogens (tertiary/aromatic N) is 1. The molecule has 3 aliphatic rings. The van der Waals surface area contributed by atoms with Crippen LogP contribution in [0.3, 0.4) is 0 Å². The Morgan fingerprint density at radius 2 is 2.07 bits per heavy atom. The quantitative estimate of drug-likeness (QED) is 0.628. The van der Waals surface area contributed by atoms with Crippen molar-refractivity contribution in [3.63, 3.8) is 0 Å². The molecule has 2 heterocycles. The highest BCUT2D eigenvalue weighted by Gasteiger charge is 2.41. The van der Waals surface area contributed by atoms with E-state index in [1.165, 1.54) is 22.0 Å². The number of carbonyl (C=O) groups excluding carboxylic acids is 1. The predicted octanol–water partition coefficient (Wildman–Crippen LogP) is 5.45. The minimum Gasteiger partial charge on any atom is -0.450 e. The zero-order valence-electron chi connectivity index (χ0n) is 16.3. The number of ether oxygens (including phenoxy) is 1. The van der Waals surface area contributed by atoms with Gasteiger partial charge in [-0.15, -0.1) is 0 Å². The van der Waals surface area contributed by atoms with E-state index < -0.39 is 0 Å². The van der Waals surface area contributed by atoms with Gasteiger partial charge in [-0.1, -0.05) is 33.6 Å². The summed E-state index contributed by atoms with van der Waals surface area (Å²) in [5.41, 5.74) is 2.85. The third-order valence-electron chi connectivity index (χ3n) is 6.61. The lowest BCUT2D eigenvalue weighted by molar-refractivity contribution is 0.0849. The van der Waals surface area contributed by atoms with E-state index in [0.717, 1.165) is 43.8 Å². The molecular formula is C22H28BrClN2O2. The summed E-state index contributed by atoms with van der Waals surface area (Å²) in [4.78, 5) is 14.0. The summed E-state index contributed by atoms with van der Waals surface area (Å²) >= 11 is 10.0. The average Bonchev–Trinajstić information content (AvgIpc) is 2.84. The van der Waals surface area contributed by atoms with Gasteiger partial charge in [-0.05, 0) is 74.1 Å². The largest absolute Gasteiger partial charge is 0.450 e. The van der Waals surface area contributed by atoms with Gasteiger partial charge in [-0.3, -0.25) is 0 Å². The van der Waals surface area contributed by atoms with Crippen LogP contribution in [0.25, 0.3) is 0 Å². The van der Waals surface area contributed by atoms with Gasteiger partial charge in [0, 0.05) is 40.8 Å². The number of halogens is 2. The van der Waals surface area contributed by atoms with Crippen molar-refractivity contribution in [1.82, 2.24) is 10.2 Å². The minimum absolute atomic E-state index is 0.172. The number of hydrogen-bond acceptors (Lipinski definition) is 3. The Morgan fingerprint density at radius 1 is 1.29 bits per heavy atom. The number of hydrogen-bond donors (Lipinski definition) is 1. The number of benzene rings is 1. The average molecular weight is 468 g/mol. The first kappa shape index (κ1) is 20.1. The molecule has 3 atom stereocenters. The minimum atomic E-state index is -0.172. The third-order valence-corrected chi connectivity index (χ3v) is 7.39. The van der Waals surface area contributed by atoms with Crippen LogP contribution < -0.4 is 5.32 Å². The smallest absolute Gasteiger partial charge is 0.409 e. The van der Waals surface area contributed by atoms with Crippen molar-refractivity contribution in [2.75, 3.05) is 19.7 Å². The second-order valence-corrected chi connectivity index (χ2v) is 9.63. The first-order chi connectivity index (χ1) is 13.6. The third kappa shape index (κ3) is 4.06. The molecule has 28 heavy (non-hydrogen) atoms. The molecule has 0 radical (unpaired) electrons. The summed E-state index contributed by atoms with van der Waals surface area (Å²) in [6.45, 7) is 3.85. The molecule has 152 valence electrons. The number of allylic oxidation sites excluding steroid dienone is 1. The molecule has 1 aromatic rings. The van der Waals surface area contributed by atoms with E-state index in [0.29, 0.717) is 30.4 Å². The van der Waals surface area contributed by atoms with Gasteiger partial charge in [-0.2, -0.15) is 0 Å². The van der Waals surface area contributed by atoms with Crippen LogP contribution in [-0.2, 0) is 11.2 Å². The van der Waals surface area contributed by atoms with E-state index in [-0.39, 0.29) is 6.09 Å². The number of piperidine rings is 1. The van der Waals surface area contributed by atoms with E-state index in [1.807, 2.05) is 17.9 Å². The number of fused-ring (bicyclic) bond motifs is 2. The molecule has 4 nitrogen and oxygen atoms in total. The fraction of sp³-hybridized carbons (Fsp3) is 0.591. The standard InChI is InChI=1S/C22H28BrClN2O2/c1-2-28-22(27)26-9-7-14(8-10-26)20-19-6-5-18(24)12-15(19)3-4-16-11-17(23)13-25-21(16)20/h5-6,12-14,16,20-21,25H,2-4,7-11H2,1H3. The Morgan fingerprint density at radius 3 is 2.82 bits per heavy atom. The first-order valence-corrected chi connectivity index (χ1v) is 11.5. The van der Waals surface area contributed by atoms with Crippen molar-refractivity contribution in [2.24, 2.45) is 11.8 Å². The number of likely N-dealkylation sites (tertiary alicyclic amines) is 1. The number of carbonyl (C=O) groups is 1. The Balaban J connectivity index is 1.60. The molecular weight excluding hydrogens is 440 g/mol. The second-order valence-electron chi connectivity index (χ2n) is 8.18. The Labute approximate surface area is 180 Å². The van der Waals surface area contributed by atoms with Crippen LogP contribution in [0.15, 0.2) is 28.9 Å². The fourth-order valence-electron chi connectivity index (χ4n) is 5.29. The zero-order valence-corrected chi connectivity index (χ0v) is 18.6. The highest BCUT2D eigenvalue weighted by Crippen LogP contribution is 2.46. The molecule has 4 rings (SSSR count). The summed E-state index contributed by atoms with van der Waals surface area (Å²) in [7, 11) is 0. The maximum atomic E-state index is 12.1. The summed E-state index contributed by atoms with van der Waals surface area (Å²) in [5.74, 6) is 1.61. The van der Waals surface area contributed by atoms with Crippen LogP contribution in [0.4, 0.5) is 4.79 Å². The van der Waals surface area contributed by atoms with E-state index in [9.17, 15) is 4.79 Å². The van der Waals surface area contributed by atoms with Crippen LogP contribution in [0.2, 0.25) is 5.02 Å². The molecule has 0 aromatic heterocycles. The number of rotatable bonds is 2. The monoisotopic (exact) mass is 466 g/mol. The van der Waals surface area contributed by atoms with Crippen molar-refractivity contribution in [2.45, 2.75) is 51.0 Å². The van der Waals surface area contributed by atoms with E-state index in [4.69, 9.17) is 16.3 Å². The maximum absolute atomic E-state index is 12.1. The number of nitrogens with one attached hydrogen (secondary N) is 1. The highest BCUT2D eigenvalue weighted by molar-refractivity contribution is 9.11. The molecule has 1 aromatic carbocycles. The lowest BCUT2D eigenvalue weighted by atomic mass is 9.71. The molecule has 1 fully saturated rings. The lowest BCUT2D eigenvalue weighted by Gasteiger charge is -2.42. The van der Waals surface area contributed by atoms with E-state index in [2.05, 4.69) is 39.6 Å². The van der Waals surface area contributed by atoms with Gasteiger partial charge >= 0.3 is 6.09 Å². The fourth-order valence-corrected chi connectivity index (χ4v) is 6.03. The Hall–Kier alpha value is -1.20. The summed E-state index contributed by atoms with van der Waals surface area (Å²) in [6.07, 6.45) is 7.35. The van der Waals surface area contributed by atoms with Crippen molar-refractivity contribution in [3.05, 3.63) is 45.0 Å². The Bertz CT molecular complexity index is 761. The molecule has 2 aliphatic heterocycles. The van der Waals surface area contributed by atoms with Crippen LogP contribution in [0, 0.1) is 11.8 Å². The van der Waals surface area contributed by atoms with E-state index >= 15 is 0 Å². The molecule has 1 saturated heterocycles. The van der Waals surface area contributed by atoms with Crippen LogP contribution in [0.1, 0.15) is 49.7 Å². The summed E-state index contributed by atoms with van der Waals surface area (Å²) in [5, 5.41) is 4.55. The maximum Gasteiger partial charge on any atom is 0.409 e. The second kappa shape index (κ2) is 8.66. The summed E-state index contributed by atoms with van der Waals surface area (Å²) in [6, 6.07) is 6.88. The normalized spacial score (nSPS) is 27.8. The van der Waals surface area contributed by atoms with Gasteiger partial charge in [0.15, 0.2) is 0 Å². The van der Waals surface area contributed by atoms with Crippen molar-refractivity contribution in [3.8, 4) is 0 Å². The van der Waals surface area contributed by atoms with Gasteiger partial charge in [0.05, 0.1) is 6.61 Å². The van der Waals surface area contributed by atoms with Crippen LogP contribution >= 0.6 is 27.5 Å². The SMILES string of the molecule is CCOC(=O)N1CCC(C2c3ccc(Cl)cc3CCC3CC(Br)=CNC32)CC1. The molecule has 0 saturated carbocycles. The highest BCUT2D eigenvalue weighted by atomic mass is 79.9. The van der Waals surface area contributed by atoms with Gasteiger partial charge < -0.3 is 15.0 Å². The number of amides is 1. The lowest BCUT2D eigenvalue weighted by Crippen LogP contribution is -2.46. The van der Waals surface area contributed by atoms with Gasteiger partial charge in [-0.25, -0.2) is 4.79 Å². The molecule has 3 unspecified atom stereocenters. The van der Waals surface area contributed by atoms with Crippen LogP contribution in [-0.4, -0.2) is 36.7 Å².